The number of hydrogen-bond donors (Lipinski definition) is 2. The smallest absolute Gasteiger partial charge is 0.231 e. The summed E-state index contributed by atoms with van der Waals surface area (Å²) in [6.45, 7) is 1.23. The highest BCUT2D eigenvalue weighted by Gasteiger charge is 2.43. The Labute approximate surface area is 156 Å². The summed E-state index contributed by atoms with van der Waals surface area (Å²) < 4.78 is 11.1. The van der Waals surface area contributed by atoms with Crippen LogP contribution < -0.4 is 14.8 Å². The van der Waals surface area contributed by atoms with Gasteiger partial charge >= 0.3 is 0 Å². The zero-order chi connectivity index (χ0) is 18.0. The van der Waals surface area contributed by atoms with Gasteiger partial charge in [0.15, 0.2) is 11.5 Å². The van der Waals surface area contributed by atoms with Crippen molar-refractivity contribution in [2.75, 3.05) is 19.8 Å². The molecule has 4 rings (SSSR count). The Hall–Kier alpha value is -2.05. The number of aliphatic hydroxyl groups is 1. The number of thiophene rings is 1. The first-order valence-corrected chi connectivity index (χ1v) is 9.97. The predicted molar refractivity (Wildman–Crippen MR) is 99.9 cm³/mol. The lowest BCUT2D eigenvalue weighted by atomic mass is 9.83. The van der Waals surface area contributed by atoms with E-state index >= 15 is 0 Å². The molecule has 1 fully saturated rings. The summed E-state index contributed by atoms with van der Waals surface area (Å²) in [6.07, 6.45) is 3.10. The van der Waals surface area contributed by atoms with E-state index in [1.165, 1.54) is 0 Å². The standard InChI is InChI=1S/C20H23NO4S/c22-15(14-5-6-16-17(12-14)25-10-9-24-16)13-21-19(23)20(7-1-2-8-20)18-4-3-11-26-18/h3-6,11-12,15,22H,1-2,7-10,13H2,(H,21,23)/t15-/m1/s1. The maximum Gasteiger partial charge on any atom is 0.231 e. The number of benzene rings is 1. The molecule has 2 N–H and O–H groups in total. The molecule has 1 aromatic carbocycles. The van der Waals surface area contributed by atoms with Crippen molar-refractivity contribution in [2.24, 2.45) is 0 Å². The molecule has 138 valence electrons. The number of hydrogen-bond acceptors (Lipinski definition) is 5. The molecule has 1 amide bonds. The van der Waals surface area contributed by atoms with Gasteiger partial charge in [-0.05, 0) is 42.0 Å². The van der Waals surface area contributed by atoms with Crippen molar-refractivity contribution in [3.63, 3.8) is 0 Å². The zero-order valence-corrected chi connectivity index (χ0v) is 15.4. The van der Waals surface area contributed by atoms with E-state index in [2.05, 4.69) is 5.32 Å². The van der Waals surface area contributed by atoms with Gasteiger partial charge in [0.05, 0.1) is 11.5 Å². The van der Waals surface area contributed by atoms with Gasteiger partial charge in [0, 0.05) is 11.4 Å². The summed E-state index contributed by atoms with van der Waals surface area (Å²) in [5.41, 5.74) is 0.284. The lowest BCUT2D eigenvalue weighted by Gasteiger charge is -2.27. The van der Waals surface area contributed by atoms with Gasteiger partial charge in [0.1, 0.15) is 13.2 Å². The molecule has 5 nitrogen and oxygen atoms in total. The van der Waals surface area contributed by atoms with Crippen LogP contribution in [0.3, 0.4) is 0 Å². The Morgan fingerprint density at radius 3 is 2.69 bits per heavy atom. The van der Waals surface area contributed by atoms with Crippen molar-refractivity contribution < 1.29 is 19.4 Å². The van der Waals surface area contributed by atoms with Gasteiger partial charge in [0.25, 0.3) is 0 Å². The SMILES string of the molecule is O=C(NC[C@@H](O)c1ccc2c(c1)OCCO2)C1(c2cccs2)CCCC1. The average molecular weight is 373 g/mol. The van der Waals surface area contributed by atoms with E-state index in [9.17, 15) is 9.90 Å². The molecule has 0 radical (unpaired) electrons. The summed E-state index contributed by atoms with van der Waals surface area (Å²) in [5, 5.41) is 15.5. The Kier molecular flexibility index (Phi) is 4.87. The summed E-state index contributed by atoms with van der Waals surface area (Å²) in [7, 11) is 0. The highest BCUT2D eigenvalue weighted by molar-refractivity contribution is 7.10. The largest absolute Gasteiger partial charge is 0.486 e. The van der Waals surface area contributed by atoms with Gasteiger partial charge in [-0.2, -0.15) is 0 Å². The number of nitrogens with one attached hydrogen (secondary N) is 1. The van der Waals surface area contributed by atoms with Gasteiger partial charge in [-0.25, -0.2) is 0 Å². The first-order valence-electron chi connectivity index (χ1n) is 9.09. The quantitative estimate of drug-likeness (QED) is 0.845. The molecule has 1 aliphatic heterocycles. The third kappa shape index (κ3) is 3.19. The van der Waals surface area contributed by atoms with E-state index in [1.807, 2.05) is 23.6 Å². The normalized spacial score (nSPS) is 19.1. The van der Waals surface area contributed by atoms with Crippen LogP contribution in [-0.4, -0.2) is 30.8 Å². The summed E-state index contributed by atoms with van der Waals surface area (Å²) in [6, 6.07) is 9.45. The maximum atomic E-state index is 13.0. The molecule has 0 saturated heterocycles. The molecular weight excluding hydrogens is 350 g/mol. The van der Waals surface area contributed by atoms with Crippen molar-refractivity contribution in [3.8, 4) is 11.5 Å². The minimum absolute atomic E-state index is 0.0223. The van der Waals surface area contributed by atoms with E-state index in [4.69, 9.17) is 9.47 Å². The Balaban J connectivity index is 1.44. The van der Waals surface area contributed by atoms with Gasteiger partial charge < -0.3 is 19.9 Å². The number of fused-ring (bicyclic) bond motifs is 1. The number of ether oxygens (including phenoxy) is 2. The van der Waals surface area contributed by atoms with Crippen LogP contribution in [0.2, 0.25) is 0 Å². The highest BCUT2D eigenvalue weighted by atomic mass is 32.1. The van der Waals surface area contributed by atoms with Crippen LogP contribution in [0.4, 0.5) is 0 Å². The number of carbonyl (C=O) groups excluding carboxylic acids is 1. The third-order valence-corrected chi connectivity index (χ3v) is 6.37. The molecule has 0 bridgehead atoms. The lowest BCUT2D eigenvalue weighted by Crippen LogP contribution is -2.43. The van der Waals surface area contributed by atoms with Crippen molar-refractivity contribution in [2.45, 2.75) is 37.2 Å². The summed E-state index contributed by atoms with van der Waals surface area (Å²) >= 11 is 1.64. The molecule has 1 aliphatic carbocycles. The molecule has 1 saturated carbocycles. The molecule has 6 heteroatoms. The number of aliphatic hydroxyl groups excluding tert-OH is 1. The molecule has 0 spiro atoms. The number of carbonyl (C=O) groups is 1. The Morgan fingerprint density at radius 1 is 1.19 bits per heavy atom. The fourth-order valence-corrected chi connectivity index (χ4v) is 4.84. The fourth-order valence-electron chi connectivity index (χ4n) is 3.86. The van der Waals surface area contributed by atoms with Gasteiger partial charge in [-0.1, -0.05) is 25.0 Å². The second kappa shape index (κ2) is 7.29. The molecule has 2 aliphatic rings. The Bertz CT molecular complexity index is 768. The second-order valence-corrected chi connectivity index (χ2v) is 7.84. The van der Waals surface area contributed by atoms with Crippen LogP contribution in [-0.2, 0) is 10.2 Å². The Morgan fingerprint density at radius 2 is 1.96 bits per heavy atom. The van der Waals surface area contributed by atoms with E-state index in [0.29, 0.717) is 30.3 Å². The minimum atomic E-state index is -0.781. The molecule has 1 atom stereocenters. The van der Waals surface area contributed by atoms with E-state index in [-0.39, 0.29) is 12.5 Å². The molecular formula is C20H23NO4S. The predicted octanol–water partition coefficient (Wildman–Crippen LogP) is 3.18. The maximum absolute atomic E-state index is 13.0. The molecule has 0 unspecified atom stereocenters. The minimum Gasteiger partial charge on any atom is -0.486 e. The second-order valence-electron chi connectivity index (χ2n) is 6.90. The van der Waals surface area contributed by atoms with Crippen LogP contribution in [0.5, 0.6) is 11.5 Å². The van der Waals surface area contributed by atoms with Gasteiger partial charge in [0.2, 0.25) is 5.91 Å². The van der Waals surface area contributed by atoms with Crippen molar-refractivity contribution >= 4 is 17.2 Å². The number of amides is 1. The van der Waals surface area contributed by atoms with Crippen molar-refractivity contribution in [1.29, 1.82) is 0 Å². The van der Waals surface area contributed by atoms with E-state index in [0.717, 1.165) is 30.6 Å². The molecule has 2 heterocycles. The highest BCUT2D eigenvalue weighted by Crippen LogP contribution is 2.43. The zero-order valence-electron chi connectivity index (χ0n) is 14.6. The first kappa shape index (κ1) is 17.4. The number of rotatable bonds is 5. The molecule has 26 heavy (non-hydrogen) atoms. The van der Waals surface area contributed by atoms with Gasteiger partial charge in [-0.3, -0.25) is 4.79 Å². The van der Waals surface area contributed by atoms with Crippen molar-refractivity contribution in [1.82, 2.24) is 5.32 Å². The summed E-state index contributed by atoms with van der Waals surface area (Å²) in [4.78, 5) is 14.1. The van der Waals surface area contributed by atoms with Crippen LogP contribution in [0.15, 0.2) is 35.7 Å². The van der Waals surface area contributed by atoms with E-state index < -0.39 is 11.5 Å². The fraction of sp³-hybridized carbons (Fsp3) is 0.450. The van der Waals surface area contributed by atoms with E-state index in [1.54, 1.807) is 23.5 Å². The van der Waals surface area contributed by atoms with Crippen LogP contribution in [0.25, 0.3) is 0 Å². The first-order chi connectivity index (χ1) is 12.7. The molecule has 2 aromatic rings. The van der Waals surface area contributed by atoms with Crippen LogP contribution in [0, 0.1) is 0 Å². The third-order valence-electron chi connectivity index (χ3n) is 5.29. The topological polar surface area (TPSA) is 67.8 Å². The molecule has 1 aromatic heterocycles. The average Bonchev–Trinajstić information content (AvgIpc) is 3.37. The summed E-state index contributed by atoms with van der Waals surface area (Å²) in [5.74, 6) is 1.36. The van der Waals surface area contributed by atoms with Crippen molar-refractivity contribution in [3.05, 3.63) is 46.2 Å². The monoisotopic (exact) mass is 373 g/mol. The van der Waals surface area contributed by atoms with Crippen LogP contribution in [0.1, 0.15) is 42.2 Å². The lowest BCUT2D eigenvalue weighted by molar-refractivity contribution is -0.127. The van der Waals surface area contributed by atoms with Gasteiger partial charge in [-0.15, -0.1) is 11.3 Å². The van der Waals surface area contributed by atoms with Crippen LogP contribution >= 0.6 is 11.3 Å².